The maximum absolute atomic E-state index is 13.0. The lowest BCUT2D eigenvalue weighted by molar-refractivity contribution is -0.113. The van der Waals surface area contributed by atoms with E-state index in [-0.39, 0.29) is 7.21 Å². The quantitative estimate of drug-likeness (QED) is 0.673. The number of benzene rings is 2. The van der Waals surface area contributed by atoms with Crippen molar-refractivity contribution in [3.8, 4) is 0 Å². The van der Waals surface area contributed by atoms with Gasteiger partial charge in [0, 0.05) is 24.8 Å². The zero-order chi connectivity index (χ0) is 18.5. The second-order valence-electron chi connectivity index (χ2n) is 7.24. The molecule has 0 saturated heterocycles. The predicted molar refractivity (Wildman–Crippen MR) is 113 cm³/mol. The number of ketones is 1. The molecule has 26 heavy (non-hydrogen) atoms. The number of rotatable bonds is 4. The number of carbonyl (C=O) groups is 1. The molecule has 0 amide bonds. The number of allylic oxidation sites excluding steroid dienone is 2. The molecule has 1 aliphatic rings. The lowest BCUT2D eigenvalue weighted by Crippen LogP contribution is -2.18. The molecule has 2 aromatic carbocycles. The first-order valence-electron chi connectivity index (χ1n) is 9.41. The Labute approximate surface area is 158 Å². The molecule has 0 heterocycles. The lowest BCUT2D eigenvalue weighted by Gasteiger charge is -2.22. The minimum Gasteiger partial charge on any atom is -0.385 e. The van der Waals surface area contributed by atoms with Gasteiger partial charge < -0.3 is 5.32 Å². The number of anilines is 1. The molecule has 0 aromatic heterocycles. The average Bonchev–Trinajstić information content (AvgIpc) is 2.63. The summed E-state index contributed by atoms with van der Waals surface area (Å²) < 4.78 is 0. The topological polar surface area (TPSA) is 29.1 Å². The van der Waals surface area contributed by atoms with Crippen LogP contribution in [0.1, 0.15) is 44.8 Å². The summed E-state index contributed by atoms with van der Waals surface area (Å²) in [6.07, 6.45) is 5.80. The molecule has 1 unspecified atom stereocenters. The molecule has 1 atom stereocenters. The molecule has 2 nitrogen and oxygen atoms in total. The monoisotopic (exact) mass is 347 g/mol. The van der Waals surface area contributed by atoms with Gasteiger partial charge in [0.25, 0.3) is 0 Å². The highest BCUT2D eigenvalue weighted by molar-refractivity contribution is 6.14. The third kappa shape index (κ3) is 4.51. The van der Waals surface area contributed by atoms with Crippen LogP contribution in [0.25, 0.3) is 12.2 Å². The van der Waals surface area contributed by atoms with Gasteiger partial charge in [-0.15, -0.1) is 0 Å². The third-order valence-corrected chi connectivity index (χ3v) is 4.77. The molecule has 2 heteroatoms. The molecule has 0 spiro atoms. The first-order valence-corrected chi connectivity index (χ1v) is 9.41. The van der Waals surface area contributed by atoms with E-state index in [1.807, 2.05) is 0 Å². The van der Waals surface area contributed by atoms with Crippen molar-refractivity contribution in [3.63, 3.8) is 0 Å². The van der Waals surface area contributed by atoms with Crippen LogP contribution in [0.4, 0.5) is 5.69 Å². The molecule has 0 aliphatic heterocycles. The normalized spacial score (nSPS) is 20.6. The van der Waals surface area contributed by atoms with Gasteiger partial charge in [0.05, 0.1) is 0 Å². The van der Waals surface area contributed by atoms with Crippen molar-refractivity contribution >= 4 is 23.6 Å². The minimum atomic E-state index is 0. The van der Waals surface area contributed by atoms with Gasteiger partial charge in [-0.3, -0.25) is 4.79 Å². The Morgan fingerprint density at radius 3 is 1.96 bits per heavy atom. The molecule has 0 bridgehead atoms. The molecule has 0 radical (unpaired) electrons. The Morgan fingerprint density at radius 2 is 1.46 bits per heavy atom. The summed E-state index contributed by atoms with van der Waals surface area (Å²) in [7, 11) is 0. The van der Waals surface area contributed by atoms with Crippen LogP contribution in [0.3, 0.4) is 0 Å². The lowest BCUT2D eigenvalue weighted by atomic mass is 9.81. The molecule has 2 aromatic rings. The van der Waals surface area contributed by atoms with Gasteiger partial charge >= 0.3 is 0 Å². The van der Waals surface area contributed by atoms with Gasteiger partial charge in [-0.25, -0.2) is 0 Å². The third-order valence-electron chi connectivity index (χ3n) is 4.77. The molecule has 1 N–H and O–H groups in total. The van der Waals surface area contributed by atoms with Crippen LogP contribution in [0.15, 0.2) is 59.7 Å². The minimum absolute atomic E-state index is 0. The fraction of sp³-hybridized carbons (Fsp3) is 0.292. The van der Waals surface area contributed by atoms with E-state index in [9.17, 15) is 4.79 Å². The van der Waals surface area contributed by atoms with E-state index in [2.05, 4.69) is 86.8 Å². The van der Waals surface area contributed by atoms with Crippen LogP contribution >= 0.6 is 0 Å². The molecule has 3 rings (SSSR count). The zero-order valence-electron chi connectivity index (χ0n) is 15.9. The summed E-state index contributed by atoms with van der Waals surface area (Å²) in [6, 6.07) is 16.6. The number of Topliss-reactive ketones (excluding diaryl/α,β-unsaturated/α-hetero) is 1. The average molecular weight is 348 g/mol. The van der Waals surface area contributed by atoms with Crippen LogP contribution in [0.2, 0.25) is 0 Å². The number of hydrogen-bond donors (Lipinski definition) is 1. The van der Waals surface area contributed by atoms with Crippen LogP contribution in [-0.2, 0) is 4.79 Å². The van der Waals surface area contributed by atoms with Gasteiger partial charge in [-0.05, 0) is 68.0 Å². The van der Waals surface area contributed by atoms with Crippen LogP contribution in [0.5, 0.6) is 0 Å². The second kappa shape index (κ2) is 8.18. The first kappa shape index (κ1) is 18.2. The summed E-state index contributed by atoms with van der Waals surface area (Å²) in [4.78, 5) is 13.0. The molecule has 1 aliphatic carbocycles. The molecule has 136 valence electrons. The van der Waals surface area contributed by atoms with Crippen LogP contribution < -0.4 is 5.32 Å². The summed E-state index contributed by atoms with van der Waals surface area (Å²) in [5.41, 5.74) is 6.36. The maximum atomic E-state index is 13.0. The number of aryl methyl sites for hydroxylation is 1. The van der Waals surface area contributed by atoms with Gasteiger partial charge in [0.1, 0.15) is 0 Å². The SMILES string of the molecule is CCNc1ccc(/C=C2\CC(C)C/C(=C\c3ccc(C)cc3)C2=O)cc1.[HH]. The van der Waals surface area contributed by atoms with Gasteiger partial charge in [-0.2, -0.15) is 0 Å². The smallest absolute Gasteiger partial charge is 0.185 e. The molecule has 1 saturated carbocycles. The number of nitrogens with one attached hydrogen (secondary N) is 1. The van der Waals surface area contributed by atoms with E-state index in [1.165, 1.54) is 5.56 Å². The van der Waals surface area contributed by atoms with Crippen LogP contribution in [0, 0.1) is 12.8 Å². The summed E-state index contributed by atoms with van der Waals surface area (Å²) in [6.45, 7) is 7.29. The van der Waals surface area contributed by atoms with Crippen molar-refractivity contribution < 1.29 is 6.22 Å². The van der Waals surface area contributed by atoms with Crippen molar-refractivity contribution in [1.82, 2.24) is 0 Å². The number of carbonyl (C=O) groups excluding carboxylic acids is 1. The van der Waals surface area contributed by atoms with Crippen molar-refractivity contribution in [2.45, 2.75) is 33.6 Å². The fourth-order valence-corrected chi connectivity index (χ4v) is 3.43. The Hall–Kier alpha value is -2.61. The largest absolute Gasteiger partial charge is 0.385 e. The number of hydrogen-bond acceptors (Lipinski definition) is 2. The van der Waals surface area contributed by atoms with E-state index in [0.717, 1.165) is 47.3 Å². The Kier molecular flexibility index (Phi) is 5.72. The molecular weight excluding hydrogens is 318 g/mol. The van der Waals surface area contributed by atoms with Crippen molar-refractivity contribution in [1.29, 1.82) is 0 Å². The maximum Gasteiger partial charge on any atom is 0.185 e. The highest BCUT2D eigenvalue weighted by atomic mass is 16.1. The highest BCUT2D eigenvalue weighted by Gasteiger charge is 2.25. The van der Waals surface area contributed by atoms with E-state index in [0.29, 0.717) is 5.92 Å². The van der Waals surface area contributed by atoms with Crippen molar-refractivity contribution in [2.75, 3.05) is 11.9 Å². The second-order valence-corrected chi connectivity index (χ2v) is 7.24. The summed E-state index contributed by atoms with van der Waals surface area (Å²) >= 11 is 0. The van der Waals surface area contributed by atoms with Gasteiger partial charge in [-0.1, -0.05) is 48.9 Å². The van der Waals surface area contributed by atoms with Crippen molar-refractivity contribution in [2.24, 2.45) is 5.92 Å². The summed E-state index contributed by atoms with van der Waals surface area (Å²) in [5.74, 6) is 0.677. The standard InChI is InChI=1S/C24H27NO.H2/c1-4-25-23-11-9-20(10-12-23)16-22-14-18(3)13-21(24(22)26)15-19-7-5-17(2)6-8-19;/h5-12,15-16,18,25H,4,13-14H2,1-3H3;1H/b21-15+,22-16+;. The van der Waals surface area contributed by atoms with E-state index < -0.39 is 0 Å². The van der Waals surface area contributed by atoms with Crippen LogP contribution in [-0.4, -0.2) is 12.3 Å². The Morgan fingerprint density at radius 1 is 0.962 bits per heavy atom. The Bertz CT molecular complexity index is 832. The predicted octanol–water partition coefficient (Wildman–Crippen LogP) is 6.14. The molecular formula is C24H29NO. The zero-order valence-corrected chi connectivity index (χ0v) is 15.9. The molecule has 1 fully saturated rings. The van der Waals surface area contributed by atoms with E-state index in [1.54, 1.807) is 0 Å². The highest BCUT2D eigenvalue weighted by Crippen LogP contribution is 2.32. The van der Waals surface area contributed by atoms with E-state index >= 15 is 0 Å². The van der Waals surface area contributed by atoms with E-state index in [4.69, 9.17) is 0 Å². The van der Waals surface area contributed by atoms with Crippen molar-refractivity contribution in [3.05, 3.63) is 76.4 Å². The summed E-state index contributed by atoms with van der Waals surface area (Å²) in [5, 5.41) is 3.30. The Balaban J connectivity index is 0.00000261. The first-order chi connectivity index (χ1) is 12.5. The van der Waals surface area contributed by atoms with Gasteiger partial charge in [0.2, 0.25) is 0 Å². The van der Waals surface area contributed by atoms with Gasteiger partial charge in [0.15, 0.2) is 5.78 Å². The fourth-order valence-electron chi connectivity index (χ4n) is 3.43.